The number of rotatable bonds is 6. The zero-order valence-electron chi connectivity index (χ0n) is 17.0. The van der Waals surface area contributed by atoms with Gasteiger partial charge in [0.15, 0.2) is 0 Å². The van der Waals surface area contributed by atoms with E-state index in [0.29, 0.717) is 32.6 Å². The van der Waals surface area contributed by atoms with E-state index < -0.39 is 5.41 Å². The molecule has 0 bridgehead atoms. The molecule has 0 aliphatic carbocycles. The predicted octanol–water partition coefficient (Wildman–Crippen LogP) is 3.52. The minimum absolute atomic E-state index is 0.0154. The number of carbonyl (C=O) groups excluding carboxylic acids is 1. The third-order valence-corrected chi connectivity index (χ3v) is 5.65. The van der Waals surface area contributed by atoms with E-state index in [2.05, 4.69) is 15.3 Å². The van der Waals surface area contributed by atoms with Crippen LogP contribution < -0.4 is 10.1 Å². The highest BCUT2D eigenvalue weighted by Crippen LogP contribution is 2.35. The zero-order valence-corrected chi connectivity index (χ0v) is 17.0. The van der Waals surface area contributed by atoms with Crippen molar-refractivity contribution in [2.45, 2.75) is 24.8 Å². The Hall–Kier alpha value is -3.25. The first-order valence-electron chi connectivity index (χ1n) is 10.1. The van der Waals surface area contributed by atoms with E-state index in [9.17, 15) is 4.79 Å². The van der Waals surface area contributed by atoms with Gasteiger partial charge in [0.2, 0.25) is 5.91 Å². The number of aromatic nitrogens is 2. The van der Waals surface area contributed by atoms with Crippen LogP contribution in [-0.4, -0.2) is 36.2 Å². The highest BCUT2D eigenvalue weighted by atomic mass is 16.5. The van der Waals surface area contributed by atoms with Gasteiger partial charge in [0.25, 0.3) is 0 Å². The summed E-state index contributed by atoms with van der Waals surface area (Å²) in [7, 11) is 1.64. The number of methoxy groups -OCH3 is 1. The lowest BCUT2D eigenvalue weighted by Gasteiger charge is -2.36. The molecule has 0 atom stereocenters. The molecular formula is C24H25N3O3. The summed E-state index contributed by atoms with van der Waals surface area (Å²) in [5, 5.41) is 3.10. The Labute approximate surface area is 176 Å². The number of ether oxygens (including phenoxy) is 2. The molecule has 6 nitrogen and oxygen atoms in total. The molecule has 154 valence electrons. The normalized spacial score (nSPS) is 15.4. The number of nitrogens with zero attached hydrogens (tertiary/aromatic N) is 2. The van der Waals surface area contributed by atoms with E-state index >= 15 is 0 Å². The van der Waals surface area contributed by atoms with E-state index in [4.69, 9.17) is 9.47 Å². The van der Waals surface area contributed by atoms with Crippen LogP contribution in [0.1, 0.15) is 24.1 Å². The van der Waals surface area contributed by atoms with Gasteiger partial charge in [-0.3, -0.25) is 4.79 Å². The Bertz CT molecular complexity index is 984. The molecule has 1 N–H and O–H groups in total. The number of carbonyl (C=O) groups is 1. The molecule has 2 aromatic carbocycles. The first kappa shape index (κ1) is 20.0. The molecule has 3 aromatic rings. The molecule has 1 aliphatic heterocycles. The molecule has 1 fully saturated rings. The summed E-state index contributed by atoms with van der Waals surface area (Å²) >= 11 is 0. The van der Waals surface area contributed by atoms with Gasteiger partial charge in [0, 0.05) is 18.8 Å². The Morgan fingerprint density at radius 1 is 1.07 bits per heavy atom. The van der Waals surface area contributed by atoms with Crippen molar-refractivity contribution in [1.29, 1.82) is 0 Å². The van der Waals surface area contributed by atoms with Crippen LogP contribution in [0.25, 0.3) is 11.3 Å². The third kappa shape index (κ3) is 4.19. The Balaban J connectivity index is 1.50. The standard InChI is InChI=1S/C24H25N3O3/c1-29-21-9-7-18(8-10-21)22-15-20(26-17-27-22)16-25-23(28)24(11-13-30-14-12-24)19-5-3-2-4-6-19/h2-10,15,17H,11-14,16H2,1H3,(H,25,28). The van der Waals surface area contributed by atoms with Gasteiger partial charge < -0.3 is 14.8 Å². The molecule has 2 heterocycles. The summed E-state index contributed by atoms with van der Waals surface area (Å²) in [6.07, 6.45) is 2.87. The molecule has 1 aliphatic rings. The molecule has 0 unspecified atom stereocenters. The van der Waals surface area contributed by atoms with Crippen LogP contribution >= 0.6 is 0 Å². The van der Waals surface area contributed by atoms with Gasteiger partial charge in [0.05, 0.1) is 30.5 Å². The fourth-order valence-electron chi connectivity index (χ4n) is 3.88. The minimum Gasteiger partial charge on any atom is -0.497 e. The molecular weight excluding hydrogens is 378 g/mol. The average Bonchev–Trinajstić information content (AvgIpc) is 2.83. The summed E-state index contributed by atoms with van der Waals surface area (Å²) in [5.41, 5.74) is 3.01. The van der Waals surface area contributed by atoms with E-state index in [0.717, 1.165) is 28.3 Å². The van der Waals surface area contributed by atoms with Gasteiger partial charge >= 0.3 is 0 Å². The number of hydrogen-bond donors (Lipinski definition) is 1. The molecule has 1 saturated heterocycles. The van der Waals surface area contributed by atoms with Crippen molar-refractivity contribution in [3.63, 3.8) is 0 Å². The van der Waals surface area contributed by atoms with Gasteiger partial charge in [-0.1, -0.05) is 30.3 Å². The number of hydrogen-bond acceptors (Lipinski definition) is 5. The van der Waals surface area contributed by atoms with Crippen LogP contribution in [0.3, 0.4) is 0 Å². The second-order valence-corrected chi connectivity index (χ2v) is 7.37. The predicted molar refractivity (Wildman–Crippen MR) is 114 cm³/mol. The van der Waals surface area contributed by atoms with Gasteiger partial charge in [-0.05, 0) is 48.7 Å². The molecule has 1 amide bonds. The van der Waals surface area contributed by atoms with Gasteiger partial charge in [-0.15, -0.1) is 0 Å². The Morgan fingerprint density at radius 3 is 2.50 bits per heavy atom. The summed E-state index contributed by atoms with van der Waals surface area (Å²) < 4.78 is 10.7. The largest absolute Gasteiger partial charge is 0.497 e. The molecule has 30 heavy (non-hydrogen) atoms. The van der Waals surface area contributed by atoms with Crippen molar-refractivity contribution in [3.8, 4) is 17.0 Å². The van der Waals surface area contributed by atoms with Crippen LogP contribution in [0, 0.1) is 0 Å². The molecule has 1 aromatic heterocycles. The quantitative estimate of drug-likeness (QED) is 0.682. The van der Waals surface area contributed by atoms with Crippen LogP contribution in [-0.2, 0) is 21.5 Å². The lowest BCUT2D eigenvalue weighted by atomic mass is 9.73. The SMILES string of the molecule is COc1ccc(-c2cc(CNC(=O)C3(c4ccccc4)CCOCC3)ncn2)cc1. The van der Waals surface area contributed by atoms with E-state index in [1.165, 1.54) is 6.33 Å². The van der Waals surface area contributed by atoms with Crippen LogP contribution in [0.2, 0.25) is 0 Å². The van der Waals surface area contributed by atoms with Crippen molar-refractivity contribution < 1.29 is 14.3 Å². The van der Waals surface area contributed by atoms with E-state index in [-0.39, 0.29) is 5.91 Å². The second-order valence-electron chi connectivity index (χ2n) is 7.37. The van der Waals surface area contributed by atoms with Crippen molar-refractivity contribution in [2.75, 3.05) is 20.3 Å². The zero-order chi connectivity index (χ0) is 20.8. The van der Waals surface area contributed by atoms with Gasteiger partial charge in [-0.25, -0.2) is 9.97 Å². The molecule has 4 rings (SSSR count). The highest BCUT2D eigenvalue weighted by Gasteiger charge is 2.41. The highest BCUT2D eigenvalue weighted by molar-refractivity contribution is 5.88. The first-order valence-corrected chi connectivity index (χ1v) is 10.1. The fraction of sp³-hybridized carbons (Fsp3) is 0.292. The minimum atomic E-state index is -0.564. The number of nitrogens with one attached hydrogen (secondary N) is 1. The summed E-state index contributed by atoms with van der Waals surface area (Å²) in [6.45, 7) is 1.51. The number of benzene rings is 2. The number of amides is 1. The van der Waals surface area contributed by atoms with E-state index in [1.807, 2.05) is 60.7 Å². The maximum atomic E-state index is 13.3. The maximum absolute atomic E-state index is 13.3. The Kier molecular flexibility index (Phi) is 6.05. The van der Waals surface area contributed by atoms with Gasteiger partial charge in [0.1, 0.15) is 12.1 Å². The smallest absolute Gasteiger partial charge is 0.231 e. The van der Waals surface area contributed by atoms with Crippen molar-refractivity contribution in [1.82, 2.24) is 15.3 Å². The van der Waals surface area contributed by atoms with Crippen molar-refractivity contribution in [3.05, 3.63) is 78.2 Å². The summed E-state index contributed by atoms with van der Waals surface area (Å²) in [5.74, 6) is 0.810. The van der Waals surface area contributed by atoms with Gasteiger partial charge in [-0.2, -0.15) is 0 Å². The fourth-order valence-corrected chi connectivity index (χ4v) is 3.88. The molecule has 0 saturated carbocycles. The first-order chi connectivity index (χ1) is 14.7. The van der Waals surface area contributed by atoms with Crippen LogP contribution in [0.5, 0.6) is 5.75 Å². The average molecular weight is 403 g/mol. The lowest BCUT2D eigenvalue weighted by molar-refractivity contribution is -0.130. The lowest BCUT2D eigenvalue weighted by Crippen LogP contribution is -2.47. The molecule has 0 spiro atoms. The summed E-state index contributed by atoms with van der Waals surface area (Å²) in [4.78, 5) is 22.0. The van der Waals surface area contributed by atoms with Crippen molar-refractivity contribution in [2.24, 2.45) is 0 Å². The van der Waals surface area contributed by atoms with Crippen LogP contribution in [0.4, 0.5) is 0 Å². The van der Waals surface area contributed by atoms with Crippen LogP contribution in [0.15, 0.2) is 67.0 Å². The van der Waals surface area contributed by atoms with E-state index in [1.54, 1.807) is 7.11 Å². The summed E-state index contributed by atoms with van der Waals surface area (Å²) in [6, 6.07) is 19.6. The Morgan fingerprint density at radius 2 is 1.80 bits per heavy atom. The maximum Gasteiger partial charge on any atom is 0.231 e. The van der Waals surface area contributed by atoms with Crippen molar-refractivity contribution >= 4 is 5.91 Å². The molecule has 6 heteroatoms. The third-order valence-electron chi connectivity index (χ3n) is 5.65. The second kappa shape index (κ2) is 9.05. The topological polar surface area (TPSA) is 73.3 Å². The molecule has 0 radical (unpaired) electrons. The monoisotopic (exact) mass is 403 g/mol.